The van der Waals surface area contributed by atoms with Crippen LogP contribution in [-0.4, -0.2) is 15.5 Å². The summed E-state index contributed by atoms with van der Waals surface area (Å²) in [5.74, 6) is 0. The van der Waals surface area contributed by atoms with Gasteiger partial charge in [0.2, 0.25) is 0 Å². The third-order valence-corrected chi connectivity index (χ3v) is 9.27. The van der Waals surface area contributed by atoms with E-state index in [1.807, 2.05) is 0 Å². The van der Waals surface area contributed by atoms with Crippen molar-refractivity contribution < 1.29 is 0 Å². The zero-order valence-corrected chi connectivity index (χ0v) is 9.10. The Labute approximate surface area is 68.6 Å². The molecule has 0 N–H and O–H groups in total. The number of rotatable bonds is 0. The molecule has 9 heavy (non-hydrogen) atoms. The molecule has 53 valence electrons. The highest BCUT2D eigenvalue weighted by Crippen LogP contribution is 2.35. The topological polar surface area (TPSA) is 0 Å². The van der Waals surface area contributed by atoms with Gasteiger partial charge in [-0.25, -0.2) is 0 Å². The zero-order valence-electron chi connectivity index (χ0n) is 5.58. The van der Waals surface area contributed by atoms with Gasteiger partial charge in [-0.1, -0.05) is 18.6 Å². The SMILES string of the molecule is C[Si]1CC[Si](Cl)(Cl)CC1. The fraction of sp³-hybridized carbons (Fsp3) is 1.00. The first-order valence-electron chi connectivity index (χ1n) is 3.29. The molecule has 1 radical (unpaired) electrons. The lowest BCUT2D eigenvalue weighted by Gasteiger charge is -2.24. The summed E-state index contributed by atoms with van der Waals surface area (Å²) in [7, 11) is 0.00245. The fourth-order valence-electron chi connectivity index (χ4n) is 1.04. The standard InChI is InChI=1S/C5H11Cl2Si2/c1-8-2-4-9(6,7)5-3-8/h2-5H2,1H3. The van der Waals surface area contributed by atoms with Crippen LogP contribution >= 0.6 is 22.2 Å². The molecular formula is C5H11Cl2Si2. The van der Waals surface area contributed by atoms with E-state index in [0.717, 1.165) is 12.1 Å². The van der Waals surface area contributed by atoms with Gasteiger partial charge in [-0.15, -0.1) is 22.2 Å². The van der Waals surface area contributed by atoms with Crippen molar-refractivity contribution in [1.29, 1.82) is 0 Å². The van der Waals surface area contributed by atoms with Crippen LogP contribution in [0.2, 0.25) is 30.7 Å². The molecule has 0 amide bonds. The summed E-state index contributed by atoms with van der Waals surface area (Å²) in [6, 6.07) is 5.01. The van der Waals surface area contributed by atoms with E-state index >= 15 is 0 Å². The van der Waals surface area contributed by atoms with E-state index in [9.17, 15) is 0 Å². The van der Waals surface area contributed by atoms with Gasteiger partial charge in [0, 0.05) is 8.80 Å². The molecule has 1 aliphatic heterocycles. The molecule has 1 heterocycles. The first kappa shape index (κ1) is 8.11. The predicted molar refractivity (Wildman–Crippen MR) is 48.3 cm³/mol. The number of halogens is 2. The Hall–Kier alpha value is 1.01. The van der Waals surface area contributed by atoms with Crippen molar-refractivity contribution >= 4 is 37.6 Å². The second-order valence-corrected chi connectivity index (χ2v) is 13.4. The highest BCUT2D eigenvalue weighted by Gasteiger charge is 2.33. The first-order valence-corrected chi connectivity index (χ1v) is 10.1. The summed E-state index contributed by atoms with van der Waals surface area (Å²) < 4.78 is 0. The molecular weight excluding hydrogens is 187 g/mol. The van der Waals surface area contributed by atoms with Gasteiger partial charge >= 0.3 is 0 Å². The van der Waals surface area contributed by atoms with Crippen molar-refractivity contribution in [2.45, 2.75) is 30.7 Å². The van der Waals surface area contributed by atoms with Gasteiger partial charge in [0.1, 0.15) is 0 Å². The van der Waals surface area contributed by atoms with Gasteiger partial charge in [0.05, 0.1) is 0 Å². The minimum Gasteiger partial charge on any atom is -0.146 e. The van der Waals surface area contributed by atoms with E-state index in [1.165, 1.54) is 12.1 Å². The normalized spacial score (nSPS) is 28.3. The largest absolute Gasteiger partial charge is 0.250 e. The van der Waals surface area contributed by atoms with Crippen LogP contribution in [0, 0.1) is 0 Å². The molecule has 0 aromatic rings. The number of hydrogen-bond donors (Lipinski definition) is 0. The van der Waals surface area contributed by atoms with Crippen LogP contribution in [0.1, 0.15) is 0 Å². The van der Waals surface area contributed by atoms with E-state index in [-0.39, 0.29) is 8.80 Å². The van der Waals surface area contributed by atoms with Gasteiger partial charge in [0.15, 0.2) is 0 Å². The van der Waals surface area contributed by atoms with Crippen molar-refractivity contribution in [3.8, 4) is 0 Å². The van der Waals surface area contributed by atoms with Crippen molar-refractivity contribution in [1.82, 2.24) is 0 Å². The molecule has 0 aromatic carbocycles. The Morgan fingerprint density at radius 2 is 1.67 bits per heavy atom. The lowest BCUT2D eigenvalue weighted by atomic mass is 10.9. The van der Waals surface area contributed by atoms with Crippen molar-refractivity contribution in [2.24, 2.45) is 0 Å². The maximum absolute atomic E-state index is 6.06. The van der Waals surface area contributed by atoms with Crippen LogP contribution in [0.4, 0.5) is 0 Å². The molecule has 0 spiro atoms. The van der Waals surface area contributed by atoms with Crippen LogP contribution in [0.25, 0.3) is 0 Å². The molecule has 1 aliphatic rings. The third kappa shape index (κ3) is 2.62. The lowest BCUT2D eigenvalue weighted by molar-refractivity contribution is 1.19. The van der Waals surface area contributed by atoms with Crippen LogP contribution in [0.3, 0.4) is 0 Å². The van der Waals surface area contributed by atoms with E-state index in [0.29, 0.717) is 0 Å². The summed E-state index contributed by atoms with van der Waals surface area (Å²) in [6.45, 7) is 0.715. The lowest BCUT2D eigenvalue weighted by Crippen LogP contribution is -2.28. The minimum atomic E-state index is -1.66. The Morgan fingerprint density at radius 3 is 2.00 bits per heavy atom. The Morgan fingerprint density at radius 1 is 1.22 bits per heavy atom. The van der Waals surface area contributed by atoms with Crippen molar-refractivity contribution in [3.05, 3.63) is 0 Å². The van der Waals surface area contributed by atoms with Crippen LogP contribution in [-0.2, 0) is 0 Å². The van der Waals surface area contributed by atoms with Crippen molar-refractivity contribution in [2.75, 3.05) is 0 Å². The maximum atomic E-state index is 6.06. The molecule has 0 saturated carbocycles. The molecule has 1 saturated heterocycles. The van der Waals surface area contributed by atoms with E-state index in [1.54, 1.807) is 0 Å². The van der Waals surface area contributed by atoms with E-state index < -0.39 is 6.69 Å². The summed E-state index contributed by atoms with van der Waals surface area (Å²) >= 11 is 12.1. The molecule has 4 heteroatoms. The second kappa shape index (κ2) is 2.95. The van der Waals surface area contributed by atoms with E-state index in [4.69, 9.17) is 22.2 Å². The average Bonchev–Trinajstić information content (AvgIpc) is 1.78. The Kier molecular flexibility index (Phi) is 2.66. The highest BCUT2D eigenvalue weighted by molar-refractivity contribution is 7.45. The summed E-state index contributed by atoms with van der Waals surface area (Å²) in [4.78, 5) is 0. The van der Waals surface area contributed by atoms with Crippen LogP contribution in [0.15, 0.2) is 0 Å². The maximum Gasteiger partial charge on any atom is 0.250 e. The van der Waals surface area contributed by atoms with Crippen LogP contribution < -0.4 is 0 Å². The summed E-state index contributed by atoms with van der Waals surface area (Å²) in [5.41, 5.74) is 0. The molecule has 1 fully saturated rings. The first-order chi connectivity index (χ1) is 4.10. The summed E-state index contributed by atoms with van der Waals surface area (Å²) in [6.07, 6.45) is 0. The Balaban J connectivity index is 2.35. The third-order valence-electron chi connectivity index (χ3n) is 1.84. The molecule has 0 aliphatic carbocycles. The molecule has 0 bridgehead atoms. The molecule has 1 rings (SSSR count). The second-order valence-electron chi connectivity index (χ2n) is 2.81. The zero-order chi connectivity index (χ0) is 6.91. The molecule has 0 unspecified atom stereocenters. The quantitative estimate of drug-likeness (QED) is 0.414. The Bertz CT molecular complexity index is 95.1. The summed E-state index contributed by atoms with van der Waals surface area (Å²) in [5, 5.41) is 0. The highest BCUT2D eigenvalue weighted by atomic mass is 35.7. The van der Waals surface area contributed by atoms with Gasteiger partial charge in [-0.05, 0) is 12.1 Å². The molecule has 0 atom stereocenters. The van der Waals surface area contributed by atoms with Gasteiger partial charge < -0.3 is 0 Å². The average molecular weight is 198 g/mol. The van der Waals surface area contributed by atoms with E-state index in [2.05, 4.69) is 6.55 Å². The monoisotopic (exact) mass is 197 g/mol. The number of hydrogen-bond acceptors (Lipinski definition) is 0. The molecule has 0 nitrogen and oxygen atoms in total. The van der Waals surface area contributed by atoms with Crippen molar-refractivity contribution in [3.63, 3.8) is 0 Å². The van der Waals surface area contributed by atoms with Gasteiger partial charge in [-0.3, -0.25) is 0 Å². The van der Waals surface area contributed by atoms with Crippen LogP contribution in [0.5, 0.6) is 0 Å². The smallest absolute Gasteiger partial charge is 0.146 e. The predicted octanol–water partition coefficient (Wildman–Crippen LogP) is 3.04. The minimum absolute atomic E-state index is 0.00245. The van der Waals surface area contributed by atoms with Gasteiger partial charge in [0.25, 0.3) is 6.69 Å². The fourth-order valence-corrected chi connectivity index (χ4v) is 11.3. The molecule has 0 aromatic heterocycles. The van der Waals surface area contributed by atoms with Gasteiger partial charge in [-0.2, -0.15) is 0 Å².